The van der Waals surface area contributed by atoms with Crippen molar-refractivity contribution in [2.75, 3.05) is 6.54 Å². The zero-order chi connectivity index (χ0) is 18.3. The minimum Gasteiger partial charge on any atom is -0.393 e. The lowest BCUT2D eigenvalue weighted by Crippen LogP contribution is -2.33. The van der Waals surface area contributed by atoms with E-state index in [1.54, 1.807) is 12.5 Å². The summed E-state index contributed by atoms with van der Waals surface area (Å²) in [6.45, 7) is 0.318. The molecule has 0 aliphatic heterocycles. The third kappa shape index (κ3) is 2.84. The third-order valence-corrected chi connectivity index (χ3v) is 5.02. The van der Waals surface area contributed by atoms with Gasteiger partial charge in [0.1, 0.15) is 23.5 Å². The second-order valence-electron chi connectivity index (χ2n) is 6.70. The smallest absolute Gasteiger partial charge is 0.287 e. The highest BCUT2D eigenvalue weighted by molar-refractivity contribution is 5.91. The van der Waals surface area contributed by atoms with E-state index < -0.39 is 17.8 Å². The molecule has 26 heavy (non-hydrogen) atoms. The van der Waals surface area contributed by atoms with Crippen molar-refractivity contribution in [1.29, 1.82) is 0 Å². The van der Waals surface area contributed by atoms with Crippen LogP contribution in [0.15, 0.2) is 30.9 Å². The first-order valence-electron chi connectivity index (χ1n) is 8.46. The van der Waals surface area contributed by atoms with Crippen LogP contribution in [0.3, 0.4) is 0 Å². The third-order valence-electron chi connectivity index (χ3n) is 5.02. The lowest BCUT2D eigenvalue weighted by atomic mass is 10.0. The summed E-state index contributed by atoms with van der Waals surface area (Å²) in [5.41, 5.74) is 0.251. The highest BCUT2D eigenvalue weighted by atomic mass is 19.1. The number of carbonyl (C=O) groups is 1. The van der Waals surface area contributed by atoms with Gasteiger partial charge in [0.25, 0.3) is 5.91 Å². The molecule has 3 heterocycles. The number of aryl methyl sites for hydroxylation is 1. The summed E-state index contributed by atoms with van der Waals surface area (Å²) in [5.74, 6) is 0.162. The lowest BCUT2D eigenvalue weighted by molar-refractivity contribution is 0.0906. The molecule has 1 aliphatic carbocycles. The molecule has 8 nitrogen and oxygen atoms in total. The molecule has 136 valence electrons. The highest BCUT2D eigenvalue weighted by Crippen LogP contribution is 2.37. The normalized spacial score (nSPS) is 22.8. The molecule has 1 amide bonds. The molecule has 3 atom stereocenters. The van der Waals surface area contributed by atoms with E-state index >= 15 is 0 Å². The zero-order valence-corrected chi connectivity index (χ0v) is 14.2. The number of rotatable bonds is 4. The van der Waals surface area contributed by atoms with Gasteiger partial charge in [0.2, 0.25) is 5.82 Å². The molecule has 0 saturated heterocycles. The maximum absolute atomic E-state index is 13.7. The molecular formula is C17H19FN6O2. The first-order valence-corrected chi connectivity index (χ1v) is 8.46. The minimum absolute atomic E-state index is 0.0800. The number of fused-ring (bicyclic) bond motifs is 1. The van der Waals surface area contributed by atoms with Gasteiger partial charge in [-0.1, -0.05) is 0 Å². The second-order valence-corrected chi connectivity index (χ2v) is 6.70. The lowest BCUT2D eigenvalue weighted by Gasteiger charge is -2.14. The number of aliphatic hydroxyl groups is 1. The van der Waals surface area contributed by atoms with E-state index in [2.05, 4.69) is 20.5 Å². The van der Waals surface area contributed by atoms with E-state index in [1.165, 1.54) is 22.7 Å². The highest BCUT2D eigenvalue weighted by Gasteiger charge is 2.36. The van der Waals surface area contributed by atoms with E-state index in [1.807, 2.05) is 11.6 Å². The van der Waals surface area contributed by atoms with Gasteiger partial charge in [-0.3, -0.25) is 9.20 Å². The van der Waals surface area contributed by atoms with Gasteiger partial charge in [0.05, 0.1) is 12.3 Å². The molecule has 1 aliphatic rings. The van der Waals surface area contributed by atoms with Crippen LogP contribution in [0.2, 0.25) is 0 Å². The molecule has 0 radical (unpaired) electrons. The van der Waals surface area contributed by atoms with Crippen LogP contribution < -0.4 is 5.32 Å². The van der Waals surface area contributed by atoms with E-state index in [-0.39, 0.29) is 23.2 Å². The Balaban J connectivity index is 1.43. The average molecular weight is 358 g/mol. The fourth-order valence-electron chi connectivity index (χ4n) is 3.65. The standard InChI is InChI=1S/C17H19FN6O2/c1-23-9-21-22-15(23)10-5-11(14(25)6-10)7-20-17(26)16-19-8-13-12(18)3-2-4-24(13)16/h2-4,8-11,14,25H,5-7H2,1H3,(H,20,26)/t10-,11+,14+/m0/s1. The molecule has 0 unspecified atom stereocenters. The molecule has 3 aromatic rings. The SMILES string of the molecule is Cn1cnnc1[C@H]1C[C@H](CNC(=O)c2ncc3c(F)cccn23)[C@H](O)C1. The van der Waals surface area contributed by atoms with Crippen molar-refractivity contribution in [1.82, 2.24) is 29.5 Å². The Kier molecular flexibility index (Phi) is 4.15. The van der Waals surface area contributed by atoms with Gasteiger partial charge in [0.15, 0.2) is 0 Å². The largest absolute Gasteiger partial charge is 0.393 e. The summed E-state index contributed by atoms with van der Waals surface area (Å²) in [6, 6.07) is 2.84. The predicted molar refractivity (Wildman–Crippen MR) is 90.0 cm³/mol. The number of hydrogen-bond acceptors (Lipinski definition) is 5. The van der Waals surface area contributed by atoms with Crippen molar-refractivity contribution in [3.8, 4) is 0 Å². The zero-order valence-electron chi connectivity index (χ0n) is 14.2. The number of nitrogens with one attached hydrogen (secondary N) is 1. The Morgan fingerprint density at radius 2 is 2.31 bits per heavy atom. The Morgan fingerprint density at radius 1 is 1.46 bits per heavy atom. The van der Waals surface area contributed by atoms with Crippen molar-refractivity contribution >= 4 is 11.4 Å². The summed E-state index contributed by atoms with van der Waals surface area (Å²) in [5, 5.41) is 21.1. The molecule has 9 heteroatoms. The quantitative estimate of drug-likeness (QED) is 0.722. The Hall–Kier alpha value is -2.81. The Bertz CT molecular complexity index is 952. The van der Waals surface area contributed by atoms with E-state index in [4.69, 9.17) is 0 Å². The number of aliphatic hydroxyl groups excluding tert-OH is 1. The topological polar surface area (TPSA) is 97.3 Å². The summed E-state index contributed by atoms with van der Waals surface area (Å²) in [7, 11) is 1.87. The number of pyridine rings is 1. The van der Waals surface area contributed by atoms with Gasteiger partial charge < -0.3 is 15.0 Å². The molecule has 1 fully saturated rings. The number of carbonyl (C=O) groups excluding carboxylic acids is 1. The molecule has 1 saturated carbocycles. The monoisotopic (exact) mass is 358 g/mol. The van der Waals surface area contributed by atoms with Crippen molar-refractivity contribution in [2.45, 2.75) is 24.9 Å². The van der Waals surface area contributed by atoms with Gasteiger partial charge >= 0.3 is 0 Å². The summed E-state index contributed by atoms with van der Waals surface area (Å²) >= 11 is 0. The molecule has 0 bridgehead atoms. The van der Waals surface area contributed by atoms with Crippen molar-refractivity contribution in [2.24, 2.45) is 13.0 Å². The maximum Gasteiger partial charge on any atom is 0.287 e. The number of halogens is 1. The number of amides is 1. The number of imidazole rings is 1. The first-order chi connectivity index (χ1) is 12.5. The summed E-state index contributed by atoms with van der Waals surface area (Å²) < 4.78 is 17.0. The van der Waals surface area contributed by atoms with Crippen LogP contribution in [0.1, 0.15) is 35.2 Å². The first kappa shape index (κ1) is 16.6. The van der Waals surface area contributed by atoms with Gasteiger partial charge in [0, 0.05) is 31.6 Å². The van der Waals surface area contributed by atoms with Gasteiger partial charge in [-0.05, 0) is 25.0 Å². The number of nitrogens with zero attached hydrogens (tertiary/aromatic N) is 5. The minimum atomic E-state index is -0.522. The van der Waals surface area contributed by atoms with Crippen LogP contribution >= 0.6 is 0 Å². The van der Waals surface area contributed by atoms with Crippen LogP contribution in [0, 0.1) is 11.7 Å². The Labute approximate surface area is 148 Å². The van der Waals surface area contributed by atoms with Gasteiger partial charge in [-0.15, -0.1) is 10.2 Å². The van der Waals surface area contributed by atoms with Crippen molar-refractivity contribution in [3.63, 3.8) is 0 Å². The molecule has 2 N–H and O–H groups in total. The van der Waals surface area contributed by atoms with Crippen molar-refractivity contribution < 1.29 is 14.3 Å². The summed E-state index contributed by atoms with van der Waals surface area (Å²) in [6.07, 6.45) is 5.34. The van der Waals surface area contributed by atoms with Crippen LogP contribution in [0.4, 0.5) is 4.39 Å². The van der Waals surface area contributed by atoms with Crippen LogP contribution in [0.25, 0.3) is 5.52 Å². The van der Waals surface area contributed by atoms with Crippen LogP contribution in [-0.4, -0.2) is 47.8 Å². The number of hydrogen-bond donors (Lipinski definition) is 2. The molecule has 0 spiro atoms. The van der Waals surface area contributed by atoms with Crippen molar-refractivity contribution in [3.05, 3.63) is 48.3 Å². The molecule has 4 rings (SSSR count). The second kappa shape index (κ2) is 6.49. The predicted octanol–water partition coefficient (Wildman–Crippen LogP) is 0.886. The van der Waals surface area contributed by atoms with Crippen LogP contribution in [0.5, 0.6) is 0 Å². The number of aromatic nitrogens is 5. The molecule has 3 aromatic heterocycles. The molecule has 0 aromatic carbocycles. The molecular weight excluding hydrogens is 339 g/mol. The van der Waals surface area contributed by atoms with E-state index in [0.29, 0.717) is 19.4 Å². The fraction of sp³-hybridized carbons (Fsp3) is 0.412. The van der Waals surface area contributed by atoms with Gasteiger partial charge in [-0.25, -0.2) is 9.37 Å². The van der Waals surface area contributed by atoms with Gasteiger partial charge in [-0.2, -0.15) is 0 Å². The Morgan fingerprint density at radius 3 is 3.08 bits per heavy atom. The van der Waals surface area contributed by atoms with E-state index in [9.17, 15) is 14.3 Å². The average Bonchev–Trinajstić information content (AvgIpc) is 3.31. The fourth-order valence-corrected chi connectivity index (χ4v) is 3.65. The van der Waals surface area contributed by atoms with E-state index in [0.717, 1.165) is 5.82 Å². The maximum atomic E-state index is 13.7. The van der Waals surface area contributed by atoms with Crippen LogP contribution in [-0.2, 0) is 7.05 Å². The summed E-state index contributed by atoms with van der Waals surface area (Å²) in [4.78, 5) is 16.4.